The molecule has 0 aliphatic carbocycles. The van der Waals surface area contributed by atoms with Gasteiger partial charge in [-0.25, -0.2) is 0 Å². The second kappa shape index (κ2) is 5.19. The third-order valence-corrected chi connectivity index (χ3v) is 3.12. The summed E-state index contributed by atoms with van der Waals surface area (Å²) < 4.78 is 5.80. The maximum absolute atomic E-state index is 11.6. The zero-order valence-electron chi connectivity index (χ0n) is 9.20. The molecule has 3 nitrogen and oxygen atoms in total. The number of esters is 1. The zero-order chi connectivity index (χ0) is 12.3. The van der Waals surface area contributed by atoms with Crippen molar-refractivity contribution in [3.8, 4) is 0 Å². The monoisotopic (exact) mass is 293 g/mol. The SMILES string of the molecule is C=CCOC(=O)Cc1c(Br)[nH]c2ccccc12. The Morgan fingerprint density at radius 2 is 2.24 bits per heavy atom. The lowest BCUT2D eigenvalue weighted by molar-refractivity contribution is -0.141. The lowest BCUT2D eigenvalue weighted by Gasteiger charge is -2.01. The number of hydrogen-bond acceptors (Lipinski definition) is 2. The Hall–Kier alpha value is -1.55. The van der Waals surface area contributed by atoms with Crippen LogP contribution >= 0.6 is 15.9 Å². The number of para-hydroxylation sites is 1. The minimum absolute atomic E-state index is 0.248. The highest BCUT2D eigenvalue weighted by Crippen LogP contribution is 2.26. The molecule has 1 N–H and O–H groups in total. The minimum Gasteiger partial charge on any atom is -0.461 e. The third kappa shape index (κ3) is 2.58. The van der Waals surface area contributed by atoms with Gasteiger partial charge in [0, 0.05) is 16.5 Å². The quantitative estimate of drug-likeness (QED) is 0.695. The molecular weight excluding hydrogens is 282 g/mol. The first-order valence-electron chi connectivity index (χ1n) is 5.24. The Labute approximate surface area is 108 Å². The van der Waals surface area contributed by atoms with Crippen LogP contribution in [-0.4, -0.2) is 17.6 Å². The van der Waals surface area contributed by atoms with Crippen LogP contribution in [0.3, 0.4) is 0 Å². The van der Waals surface area contributed by atoms with Crippen LogP contribution in [0.5, 0.6) is 0 Å². The number of aromatic amines is 1. The van der Waals surface area contributed by atoms with Gasteiger partial charge in [0.15, 0.2) is 0 Å². The predicted octanol–water partition coefficient (Wildman–Crippen LogP) is 3.20. The molecule has 0 aliphatic heterocycles. The van der Waals surface area contributed by atoms with Crippen LogP contribution < -0.4 is 0 Å². The van der Waals surface area contributed by atoms with Crippen molar-refractivity contribution in [2.45, 2.75) is 6.42 Å². The number of halogens is 1. The van der Waals surface area contributed by atoms with Gasteiger partial charge < -0.3 is 9.72 Å². The van der Waals surface area contributed by atoms with E-state index in [9.17, 15) is 4.79 Å². The highest BCUT2D eigenvalue weighted by atomic mass is 79.9. The largest absolute Gasteiger partial charge is 0.461 e. The molecule has 0 unspecified atom stereocenters. The van der Waals surface area contributed by atoms with Crippen molar-refractivity contribution in [2.75, 3.05) is 6.61 Å². The summed E-state index contributed by atoms with van der Waals surface area (Å²) in [5.74, 6) is -0.254. The van der Waals surface area contributed by atoms with Gasteiger partial charge in [-0.05, 0) is 22.0 Å². The van der Waals surface area contributed by atoms with Gasteiger partial charge in [-0.3, -0.25) is 4.79 Å². The molecule has 0 spiro atoms. The molecule has 0 atom stereocenters. The molecule has 1 aromatic heterocycles. The number of aromatic nitrogens is 1. The van der Waals surface area contributed by atoms with Gasteiger partial charge in [0.05, 0.1) is 11.0 Å². The van der Waals surface area contributed by atoms with Crippen LogP contribution in [0.4, 0.5) is 0 Å². The first-order chi connectivity index (χ1) is 8.22. The summed E-state index contributed by atoms with van der Waals surface area (Å²) in [6.45, 7) is 3.75. The van der Waals surface area contributed by atoms with Crippen molar-refractivity contribution in [3.05, 3.63) is 47.1 Å². The second-order valence-corrected chi connectivity index (χ2v) is 4.40. The van der Waals surface area contributed by atoms with Crippen molar-refractivity contribution in [1.82, 2.24) is 4.98 Å². The molecule has 4 heteroatoms. The van der Waals surface area contributed by atoms with Crippen molar-refractivity contribution < 1.29 is 9.53 Å². The van der Waals surface area contributed by atoms with E-state index in [4.69, 9.17) is 4.74 Å². The number of ether oxygens (including phenoxy) is 1. The van der Waals surface area contributed by atoms with Crippen LogP contribution in [0.2, 0.25) is 0 Å². The molecule has 0 saturated carbocycles. The average Bonchev–Trinajstić information content (AvgIpc) is 2.64. The standard InChI is InChI=1S/C13H12BrNO2/c1-2-7-17-12(16)8-10-9-5-3-4-6-11(9)15-13(10)14/h2-6,15H,1,7-8H2. The fourth-order valence-corrected chi connectivity index (χ4v) is 2.25. The van der Waals surface area contributed by atoms with E-state index in [0.717, 1.165) is 21.1 Å². The maximum Gasteiger partial charge on any atom is 0.310 e. The first-order valence-corrected chi connectivity index (χ1v) is 6.03. The normalized spacial score (nSPS) is 10.4. The summed E-state index contributed by atoms with van der Waals surface area (Å²) in [7, 11) is 0. The highest BCUT2D eigenvalue weighted by Gasteiger charge is 2.13. The van der Waals surface area contributed by atoms with E-state index in [0.29, 0.717) is 0 Å². The molecule has 0 radical (unpaired) electrons. The molecule has 2 aromatic rings. The molecule has 88 valence electrons. The molecular formula is C13H12BrNO2. The third-order valence-electron chi connectivity index (χ3n) is 2.44. The summed E-state index contributed by atoms with van der Waals surface area (Å²) in [6.07, 6.45) is 1.81. The smallest absolute Gasteiger partial charge is 0.310 e. The Bertz CT molecular complexity index is 560. The first kappa shape index (κ1) is 11.9. The topological polar surface area (TPSA) is 42.1 Å². The number of carbonyl (C=O) groups excluding carboxylic acids is 1. The number of benzene rings is 1. The van der Waals surface area contributed by atoms with Crippen molar-refractivity contribution in [1.29, 1.82) is 0 Å². The summed E-state index contributed by atoms with van der Waals surface area (Å²) in [5.41, 5.74) is 1.93. The lowest BCUT2D eigenvalue weighted by atomic mass is 10.1. The molecule has 0 fully saturated rings. The summed E-state index contributed by atoms with van der Waals surface area (Å²) in [6, 6.07) is 7.84. The number of hydrogen-bond donors (Lipinski definition) is 1. The number of fused-ring (bicyclic) bond motifs is 1. The fourth-order valence-electron chi connectivity index (χ4n) is 1.69. The minimum atomic E-state index is -0.254. The average molecular weight is 294 g/mol. The second-order valence-electron chi connectivity index (χ2n) is 3.61. The van der Waals surface area contributed by atoms with Crippen LogP contribution in [0.25, 0.3) is 10.9 Å². The molecule has 1 heterocycles. The van der Waals surface area contributed by atoms with E-state index >= 15 is 0 Å². The van der Waals surface area contributed by atoms with E-state index in [-0.39, 0.29) is 19.0 Å². The van der Waals surface area contributed by atoms with Crippen LogP contribution in [0.1, 0.15) is 5.56 Å². The molecule has 2 rings (SSSR count). The molecule has 0 bridgehead atoms. The number of carbonyl (C=O) groups is 1. The molecule has 0 aliphatic rings. The lowest BCUT2D eigenvalue weighted by Crippen LogP contribution is -2.07. The number of rotatable bonds is 4. The maximum atomic E-state index is 11.6. The fraction of sp³-hybridized carbons (Fsp3) is 0.154. The Balaban J connectivity index is 2.26. The zero-order valence-corrected chi connectivity index (χ0v) is 10.8. The molecule has 17 heavy (non-hydrogen) atoms. The summed E-state index contributed by atoms with van der Waals surface area (Å²) in [4.78, 5) is 14.7. The number of nitrogens with one attached hydrogen (secondary N) is 1. The predicted molar refractivity (Wildman–Crippen MR) is 70.9 cm³/mol. The Kier molecular flexibility index (Phi) is 3.64. The van der Waals surface area contributed by atoms with E-state index in [1.54, 1.807) is 6.08 Å². The summed E-state index contributed by atoms with van der Waals surface area (Å²) in [5, 5.41) is 1.04. The van der Waals surface area contributed by atoms with Gasteiger partial charge in [-0.1, -0.05) is 30.9 Å². The van der Waals surface area contributed by atoms with E-state index in [1.807, 2.05) is 24.3 Å². The van der Waals surface area contributed by atoms with Gasteiger partial charge in [-0.2, -0.15) is 0 Å². The van der Waals surface area contributed by atoms with Crippen LogP contribution in [0, 0.1) is 0 Å². The van der Waals surface area contributed by atoms with Crippen molar-refractivity contribution in [2.24, 2.45) is 0 Å². The van der Waals surface area contributed by atoms with Crippen LogP contribution in [0.15, 0.2) is 41.5 Å². The van der Waals surface area contributed by atoms with Gasteiger partial charge >= 0.3 is 5.97 Å². The van der Waals surface area contributed by atoms with E-state index in [1.165, 1.54) is 0 Å². The van der Waals surface area contributed by atoms with Crippen molar-refractivity contribution >= 4 is 32.8 Å². The van der Waals surface area contributed by atoms with Gasteiger partial charge in [0.25, 0.3) is 0 Å². The van der Waals surface area contributed by atoms with E-state index in [2.05, 4.69) is 27.5 Å². The van der Waals surface area contributed by atoms with Crippen molar-refractivity contribution in [3.63, 3.8) is 0 Å². The van der Waals surface area contributed by atoms with Crippen LogP contribution in [-0.2, 0) is 16.0 Å². The summed E-state index contributed by atoms with van der Waals surface area (Å²) >= 11 is 3.42. The number of H-pyrrole nitrogens is 1. The van der Waals surface area contributed by atoms with Gasteiger partial charge in [0.1, 0.15) is 6.61 Å². The Morgan fingerprint density at radius 1 is 1.47 bits per heavy atom. The Morgan fingerprint density at radius 3 is 3.00 bits per heavy atom. The van der Waals surface area contributed by atoms with Gasteiger partial charge in [0.2, 0.25) is 0 Å². The molecule has 0 amide bonds. The van der Waals surface area contributed by atoms with E-state index < -0.39 is 0 Å². The molecule has 1 aromatic carbocycles. The molecule has 0 saturated heterocycles. The highest BCUT2D eigenvalue weighted by molar-refractivity contribution is 9.10. The van der Waals surface area contributed by atoms with Gasteiger partial charge in [-0.15, -0.1) is 0 Å².